The summed E-state index contributed by atoms with van der Waals surface area (Å²) in [6.45, 7) is 0. The Hall–Kier alpha value is -3.32. The van der Waals surface area contributed by atoms with Gasteiger partial charge in [-0.2, -0.15) is 83.1 Å². The summed E-state index contributed by atoms with van der Waals surface area (Å²) in [6.07, 6.45) is -7.31. The van der Waals surface area contributed by atoms with Crippen molar-refractivity contribution in [2.45, 2.75) is 66.5 Å². The highest BCUT2D eigenvalue weighted by molar-refractivity contribution is 8.33. The van der Waals surface area contributed by atoms with E-state index in [-0.39, 0.29) is 0 Å². The SMILES string of the molecule is CS(=O)(=O)c1ccc(S(OS(=O)(=O)C(F)(F)C(F)(F)C(F)(F)C(F)(F)C(F)(F)C(F)(F)C(F)(F)C(F)(F)F)(c2ccccc2)c2ccccc2)cc1. The highest BCUT2D eigenvalue weighted by Gasteiger charge is 2.96. The lowest BCUT2D eigenvalue weighted by Gasteiger charge is -2.43. The fourth-order valence-corrected chi connectivity index (χ4v) is 9.96. The van der Waals surface area contributed by atoms with Crippen molar-refractivity contribution in [1.82, 2.24) is 0 Å². The minimum absolute atomic E-state index is 0.555. The summed E-state index contributed by atoms with van der Waals surface area (Å²) in [7, 11) is -16.8. The Morgan fingerprint density at radius 2 is 0.692 bits per heavy atom. The molecule has 0 unspecified atom stereocenters. The minimum atomic E-state index is -9.02. The molecule has 0 heterocycles. The van der Waals surface area contributed by atoms with Crippen LogP contribution in [0.2, 0.25) is 0 Å². The highest BCUT2D eigenvalue weighted by Crippen LogP contribution is 2.72. The van der Waals surface area contributed by atoms with Gasteiger partial charge in [0.1, 0.15) is 0 Å². The van der Waals surface area contributed by atoms with Crippen LogP contribution in [0.3, 0.4) is 0 Å². The van der Waals surface area contributed by atoms with E-state index >= 15 is 8.78 Å². The van der Waals surface area contributed by atoms with Crippen LogP contribution in [0.5, 0.6) is 0 Å². The third kappa shape index (κ3) is 6.27. The second-order valence-corrected chi connectivity index (χ2v) is 16.9. The lowest BCUT2D eigenvalue weighted by atomic mass is 9.91. The molecular formula is C27H17F17O5S3. The molecule has 0 N–H and O–H groups in total. The van der Waals surface area contributed by atoms with Crippen LogP contribution in [0.1, 0.15) is 0 Å². The van der Waals surface area contributed by atoms with Crippen LogP contribution in [0, 0.1) is 0 Å². The van der Waals surface area contributed by atoms with E-state index in [9.17, 15) is 82.7 Å². The number of alkyl halides is 17. The second-order valence-electron chi connectivity index (χ2n) is 10.4. The molecule has 3 aromatic rings. The Labute approximate surface area is 282 Å². The van der Waals surface area contributed by atoms with Gasteiger partial charge in [-0.15, -0.1) is 0 Å². The zero-order chi connectivity index (χ0) is 40.4. The molecular weight excluding hydrogens is 823 g/mol. The largest absolute Gasteiger partial charge is 0.460 e. The van der Waals surface area contributed by atoms with Crippen LogP contribution in [0.25, 0.3) is 0 Å². The summed E-state index contributed by atoms with van der Waals surface area (Å²) in [4.78, 5) is -2.55. The van der Waals surface area contributed by atoms with Crippen LogP contribution in [-0.4, -0.2) is 70.1 Å². The maximum absolute atomic E-state index is 15.3. The third-order valence-electron chi connectivity index (χ3n) is 6.93. The van der Waals surface area contributed by atoms with Gasteiger partial charge in [-0.1, -0.05) is 36.4 Å². The van der Waals surface area contributed by atoms with E-state index < -0.39 is 96.8 Å². The van der Waals surface area contributed by atoms with E-state index in [1.54, 1.807) is 0 Å². The van der Waals surface area contributed by atoms with Gasteiger partial charge in [-0.3, -0.25) is 0 Å². The van der Waals surface area contributed by atoms with E-state index in [0.717, 1.165) is 48.5 Å². The first-order chi connectivity index (χ1) is 23.1. The van der Waals surface area contributed by atoms with E-state index in [1.807, 2.05) is 0 Å². The summed E-state index contributed by atoms with van der Waals surface area (Å²) in [5.41, 5.74) is 0. The van der Waals surface area contributed by atoms with Gasteiger partial charge in [-0.25, -0.2) is 12.0 Å². The molecule has 0 aliphatic heterocycles. The molecule has 0 aliphatic rings. The molecule has 0 bridgehead atoms. The first-order valence-corrected chi connectivity index (χ1v) is 17.9. The first kappa shape index (κ1) is 43.1. The minimum Gasteiger partial charge on any atom is -0.224 e. The van der Waals surface area contributed by atoms with Crippen LogP contribution >= 0.6 is 10.3 Å². The Balaban J connectivity index is 2.34. The maximum Gasteiger partial charge on any atom is 0.460 e. The van der Waals surface area contributed by atoms with Crippen molar-refractivity contribution >= 4 is 30.3 Å². The fourth-order valence-electron chi connectivity index (χ4n) is 4.11. The predicted octanol–water partition coefficient (Wildman–Crippen LogP) is 9.60. The normalized spacial score (nSPS) is 15.4. The number of sulfone groups is 1. The number of benzene rings is 3. The first-order valence-electron chi connectivity index (χ1n) is 13.0. The van der Waals surface area contributed by atoms with Crippen molar-refractivity contribution in [2.75, 3.05) is 6.26 Å². The zero-order valence-corrected chi connectivity index (χ0v) is 27.2. The lowest BCUT2D eigenvalue weighted by molar-refractivity contribution is -0.458. The molecule has 52 heavy (non-hydrogen) atoms. The molecule has 0 aliphatic carbocycles. The number of halogens is 17. The zero-order valence-electron chi connectivity index (χ0n) is 24.8. The lowest BCUT2D eigenvalue weighted by Crippen LogP contribution is -2.75. The van der Waals surface area contributed by atoms with Gasteiger partial charge in [0.2, 0.25) is 0 Å². The third-order valence-corrected chi connectivity index (χ3v) is 13.3. The highest BCUT2D eigenvalue weighted by atomic mass is 32.3. The molecule has 3 aromatic carbocycles. The average molecular weight is 841 g/mol. The number of rotatable bonds is 13. The number of hydrogen-bond donors (Lipinski definition) is 0. The van der Waals surface area contributed by atoms with E-state index in [1.165, 1.54) is 12.1 Å². The Kier molecular flexibility index (Phi) is 10.7. The molecule has 0 radical (unpaired) electrons. The van der Waals surface area contributed by atoms with E-state index in [4.69, 9.17) is 0 Å². The Morgan fingerprint density at radius 1 is 0.404 bits per heavy atom. The van der Waals surface area contributed by atoms with Crippen LogP contribution in [0.4, 0.5) is 74.6 Å². The van der Waals surface area contributed by atoms with Crippen molar-refractivity contribution in [3.63, 3.8) is 0 Å². The van der Waals surface area contributed by atoms with Gasteiger partial charge in [-0.05, 0) is 58.8 Å². The summed E-state index contributed by atoms with van der Waals surface area (Å²) >= 11 is 0. The van der Waals surface area contributed by atoms with Gasteiger partial charge in [0.05, 0.1) is 4.90 Å². The molecule has 0 spiro atoms. The van der Waals surface area contributed by atoms with Crippen molar-refractivity contribution < 1.29 is 95.1 Å². The smallest absolute Gasteiger partial charge is 0.224 e. The molecule has 3 rings (SSSR count). The quantitative estimate of drug-likeness (QED) is 0.160. The van der Waals surface area contributed by atoms with Crippen molar-refractivity contribution in [3.05, 3.63) is 84.9 Å². The molecule has 5 nitrogen and oxygen atoms in total. The molecule has 25 heteroatoms. The second kappa shape index (κ2) is 12.9. The van der Waals surface area contributed by atoms with Crippen LogP contribution in [-0.2, 0) is 23.6 Å². The standard InChI is InChI=1S/C27H17F17O5S3/c1-50(45,46)16-12-14-19(15-13-16)51(17-8-4-2-5-9-17,18-10-6-3-7-11-18)49-52(47,48)27(43,44)25(38,39)23(34,35)21(30,31)20(28,29)22(32,33)24(36,37)26(40,41)42/h2-15H,1H3. The molecule has 0 saturated heterocycles. The predicted molar refractivity (Wildman–Crippen MR) is 146 cm³/mol. The maximum atomic E-state index is 15.3. The summed E-state index contributed by atoms with van der Waals surface area (Å²) in [6, 6.07) is 12.6. The molecule has 0 atom stereocenters. The topological polar surface area (TPSA) is 77.5 Å². The van der Waals surface area contributed by atoms with Crippen LogP contribution in [0.15, 0.2) is 105 Å². The summed E-state index contributed by atoms with van der Waals surface area (Å²) in [5.74, 6) is -52.7. The van der Waals surface area contributed by atoms with Gasteiger partial charge in [0, 0.05) is 20.9 Å². The van der Waals surface area contributed by atoms with Crippen molar-refractivity contribution in [3.8, 4) is 0 Å². The summed E-state index contributed by atoms with van der Waals surface area (Å²) < 4.78 is 292. The number of hydrogen-bond acceptors (Lipinski definition) is 5. The van der Waals surface area contributed by atoms with Crippen LogP contribution < -0.4 is 0 Å². The van der Waals surface area contributed by atoms with Gasteiger partial charge >= 0.3 is 57.1 Å². The Morgan fingerprint density at radius 3 is 1.02 bits per heavy atom. The summed E-state index contributed by atoms with van der Waals surface area (Å²) in [5, 5.41) is -7.96. The fraction of sp³-hybridized carbons (Fsp3) is 0.333. The average Bonchev–Trinajstić information content (AvgIpc) is 3.03. The monoisotopic (exact) mass is 840 g/mol. The van der Waals surface area contributed by atoms with Crippen molar-refractivity contribution in [2.24, 2.45) is 0 Å². The molecule has 0 saturated carbocycles. The van der Waals surface area contributed by atoms with Gasteiger partial charge < -0.3 is 0 Å². The molecule has 0 fully saturated rings. The molecule has 0 amide bonds. The molecule has 292 valence electrons. The van der Waals surface area contributed by atoms with E-state index in [0.29, 0.717) is 30.5 Å². The molecule has 0 aromatic heterocycles. The Bertz CT molecular complexity index is 1930. The van der Waals surface area contributed by atoms with Crippen molar-refractivity contribution in [1.29, 1.82) is 0 Å². The van der Waals surface area contributed by atoms with E-state index in [2.05, 4.69) is 3.63 Å². The van der Waals surface area contributed by atoms with Gasteiger partial charge in [0.15, 0.2) is 9.84 Å². The van der Waals surface area contributed by atoms with Gasteiger partial charge in [0.25, 0.3) is 0 Å².